The molecule has 2 aromatic rings. The predicted molar refractivity (Wildman–Crippen MR) is 134 cm³/mol. The highest BCUT2D eigenvalue weighted by atomic mass is 35.5. The Morgan fingerprint density at radius 2 is 1.81 bits per heavy atom. The van der Waals surface area contributed by atoms with Crippen molar-refractivity contribution < 1.29 is 9.90 Å². The van der Waals surface area contributed by atoms with Gasteiger partial charge in [0.05, 0.1) is 16.8 Å². The molecule has 6 nitrogen and oxygen atoms in total. The molecule has 1 aromatic heterocycles. The van der Waals surface area contributed by atoms with Crippen molar-refractivity contribution in [3.63, 3.8) is 0 Å². The van der Waals surface area contributed by atoms with Crippen molar-refractivity contribution in [2.45, 2.75) is 40.7 Å². The minimum absolute atomic E-state index is 0. The molecule has 32 heavy (non-hydrogen) atoms. The molecule has 0 radical (unpaired) electrons. The van der Waals surface area contributed by atoms with E-state index in [4.69, 9.17) is 4.99 Å². The number of carbonyl (C=O) groups is 1. The molecule has 1 saturated heterocycles. The number of aromatic nitrogens is 1. The second-order valence-electron chi connectivity index (χ2n) is 9.23. The van der Waals surface area contributed by atoms with E-state index in [2.05, 4.69) is 58.7 Å². The van der Waals surface area contributed by atoms with Crippen LogP contribution in [0.1, 0.15) is 43.2 Å². The lowest BCUT2D eigenvalue weighted by Crippen LogP contribution is -2.52. The van der Waals surface area contributed by atoms with Crippen LogP contribution in [0, 0.1) is 12.3 Å². The van der Waals surface area contributed by atoms with Crippen LogP contribution in [0.2, 0.25) is 0 Å². The van der Waals surface area contributed by atoms with Crippen LogP contribution in [-0.2, 0) is 17.8 Å². The van der Waals surface area contributed by atoms with Gasteiger partial charge in [-0.05, 0) is 50.5 Å². The van der Waals surface area contributed by atoms with Gasteiger partial charge in [0.1, 0.15) is 0 Å². The molecule has 176 valence electrons. The number of halogens is 2. The summed E-state index contributed by atoms with van der Waals surface area (Å²) in [5.41, 5.74) is 5.34. The second kappa shape index (κ2) is 10.3. The molecule has 8 heteroatoms. The van der Waals surface area contributed by atoms with Gasteiger partial charge >= 0.3 is 5.97 Å². The van der Waals surface area contributed by atoms with Crippen molar-refractivity contribution in [3.05, 3.63) is 52.8 Å². The fraction of sp³-hybridized carbons (Fsp3) is 0.500. The van der Waals surface area contributed by atoms with Gasteiger partial charge in [-0.15, -0.1) is 24.8 Å². The van der Waals surface area contributed by atoms with E-state index >= 15 is 0 Å². The van der Waals surface area contributed by atoms with Gasteiger partial charge in [-0.25, -0.2) is 4.99 Å². The molecule has 1 N–H and O–H groups in total. The third-order valence-electron chi connectivity index (χ3n) is 6.26. The Labute approximate surface area is 203 Å². The van der Waals surface area contributed by atoms with E-state index in [1.54, 1.807) is 13.8 Å². The Balaban J connectivity index is 0.00000181. The summed E-state index contributed by atoms with van der Waals surface area (Å²) >= 11 is 0. The molecule has 0 spiro atoms. The number of nitrogens with zero attached hydrogens (tertiary/aromatic N) is 4. The predicted octanol–water partition coefficient (Wildman–Crippen LogP) is 4.37. The van der Waals surface area contributed by atoms with Crippen LogP contribution in [-0.4, -0.2) is 64.0 Å². The first kappa shape index (κ1) is 26.2. The number of rotatable bonds is 4. The van der Waals surface area contributed by atoms with Gasteiger partial charge in [0.2, 0.25) is 0 Å². The lowest BCUT2D eigenvalue weighted by molar-refractivity contribution is -0.148. The zero-order valence-corrected chi connectivity index (χ0v) is 20.9. The smallest absolute Gasteiger partial charge is 0.310 e. The minimum atomic E-state index is -0.741. The summed E-state index contributed by atoms with van der Waals surface area (Å²) in [6.45, 7) is 12.7. The van der Waals surface area contributed by atoms with Gasteiger partial charge < -0.3 is 14.6 Å². The van der Waals surface area contributed by atoms with Crippen LogP contribution in [0.4, 0.5) is 5.69 Å². The topological polar surface area (TPSA) is 61.1 Å². The maximum atomic E-state index is 11.5. The maximum absolute atomic E-state index is 11.5. The molecule has 4 rings (SSSR count). The Morgan fingerprint density at radius 1 is 1.12 bits per heavy atom. The molecule has 0 saturated carbocycles. The monoisotopic (exact) mass is 480 g/mol. The quantitative estimate of drug-likeness (QED) is 0.705. The Hall–Kier alpha value is -2.02. The number of amidine groups is 1. The Bertz CT molecular complexity index is 992. The molecule has 0 unspecified atom stereocenters. The second-order valence-corrected chi connectivity index (χ2v) is 9.23. The van der Waals surface area contributed by atoms with Crippen molar-refractivity contribution in [1.29, 1.82) is 0 Å². The lowest BCUT2D eigenvalue weighted by Gasteiger charge is -2.38. The molecule has 1 fully saturated rings. The Morgan fingerprint density at radius 3 is 2.44 bits per heavy atom. The molecule has 3 heterocycles. The lowest BCUT2D eigenvalue weighted by atomic mass is 9.93. The van der Waals surface area contributed by atoms with E-state index in [9.17, 15) is 9.90 Å². The largest absolute Gasteiger partial charge is 0.481 e. The highest BCUT2D eigenvalue weighted by Crippen LogP contribution is 2.29. The highest BCUT2D eigenvalue weighted by Gasteiger charge is 2.32. The molecule has 0 atom stereocenters. The standard InChI is InChI=1S/C24H32N4O2.2ClH/c1-5-18-13-21-22(25-20-7-6-17(2)12-19(20)15-28(21)14-18)27-10-8-26(9-11-27)16-24(3,4)23(29)30;;/h6-7,12-14H,5,8-11,15-16H2,1-4H3,(H,29,30);2*1H. The molecular weight excluding hydrogens is 447 g/mol. The fourth-order valence-corrected chi connectivity index (χ4v) is 4.36. The normalized spacial score (nSPS) is 16.1. The van der Waals surface area contributed by atoms with Gasteiger partial charge in [0.15, 0.2) is 5.84 Å². The zero-order chi connectivity index (χ0) is 21.5. The van der Waals surface area contributed by atoms with E-state index in [-0.39, 0.29) is 24.8 Å². The number of carboxylic acids is 1. The number of aryl methyl sites for hydroxylation is 2. The maximum Gasteiger partial charge on any atom is 0.310 e. The summed E-state index contributed by atoms with van der Waals surface area (Å²) in [5.74, 6) is 0.296. The van der Waals surface area contributed by atoms with Crippen molar-refractivity contribution in [2.24, 2.45) is 10.4 Å². The number of piperazine rings is 1. The van der Waals surface area contributed by atoms with E-state index in [0.717, 1.165) is 50.7 Å². The molecule has 1 aromatic carbocycles. The minimum Gasteiger partial charge on any atom is -0.481 e. The van der Waals surface area contributed by atoms with E-state index < -0.39 is 11.4 Å². The van der Waals surface area contributed by atoms with E-state index in [1.165, 1.54) is 22.4 Å². The van der Waals surface area contributed by atoms with Crippen molar-refractivity contribution in [3.8, 4) is 0 Å². The molecular formula is C24H34Cl2N4O2. The van der Waals surface area contributed by atoms with Crippen molar-refractivity contribution in [1.82, 2.24) is 14.4 Å². The third-order valence-corrected chi connectivity index (χ3v) is 6.26. The number of aliphatic imine (C=N–C) groups is 1. The first-order chi connectivity index (χ1) is 14.3. The molecule has 2 aliphatic heterocycles. The first-order valence-electron chi connectivity index (χ1n) is 10.8. The summed E-state index contributed by atoms with van der Waals surface area (Å²) in [6.07, 6.45) is 3.26. The van der Waals surface area contributed by atoms with Crippen LogP contribution >= 0.6 is 24.8 Å². The molecule has 0 bridgehead atoms. The number of fused-ring (bicyclic) bond motifs is 2. The fourth-order valence-electron chi connectivity index (χ4n) is 4.36. The summed E-state index contributed by atoms with van der Waals surface area (Å²) in [4.78, 5) is 21.2. The van der Waals surface area contributed by atoms with Crippen LogP contribution in [0.25, 0.3) is 0 Å². The number of hydrogen-bond acceptors (Lipinski definition) is 4. The van der Waals surface area contributed by atoms with Gasteiger partial charge in [0, 0.05) is 45.5 Å². The molecule has 2 aliphatic rings. The van der Waals surface area contributed by atoms with Gasteiger partial charge in [-0.3, -0.25) is 9.69 Å². The average molecular weight is 481 g/mol. The Kier molecular flexibility index (Phi) is 8.43. The van der Waals surface area contributed by atoms with Crippen LogP contribution in [0.5, 0.6) is 0 Å². The van der Waals surface area contributed by atoms with Crippen LogP contribution < -0.4 is 0 Å². The number of carboxylic acid groups (broad SMARTS) is 1. The van der Waals surface area contributed by atoms with Crippen LogP contribution in [0.15, 0.2) is 35.5 Å². The molecule has 0 amide bonds. The van der Waals surface area contributed by atoms with E-state index in [0.29, 0.717) is 6.54 Å². The molecule has 0 aliphatic carbocycles. The number of hydrogen-bond donors (Lipinski definition) is 1. The van der Waals surface area contributed by atoms with Gasteiger partial charge in [-0.1, -0.05) is 24.6 Å². The SMILES string of the molecule is CCc1cc2n(c1)Cc1cc(C)ccc1N=C2N1CCN(CC(C)(C)C(=O)O)CC1.Cl.Cl. The van der Waals surface area contributed by atoms with Crippen molar-refractivity contribution >= 4 is 42.3 Å². The number of aliphatic carboxylic acids is 1. The zero-order valence-electron chi connectivity index (χ0n) is 19.3. The summed E-state index contributed by atoms with van der Waals surface area (Å²) in [7, 11) is 0. The third kappa shape index (κ3) is 5.30. The average Bonchev–Trinajstić information content (AvgIpc) is 3.04. The highest BCUT2D eigenvalue weighted by molar-refractivity contribution is 6.00. The van der Waals surface area contributed by atoms with Gasteiger partial charge in [-0.2, -0.15) is 0 Å². The summed E-state index contributed by atoms with van der Waals surface area (Å²) < 4.78 is 2.34. The van der Waals surface area contributed by atoms with Crippen LogP contribution in [0.3, 0.4) is 0 Å². The first-order valence-corrected chi connectivity index (χ1v) is 10.8. The number of benzene rings is 1. The summed E-state index contributed by atoms with van der Waals surface area (Å²) in [5, 5.41) is 9.45. The summed E-state index contributed by atoms with van der Waals surface area (Å²) in [6, 6.07) is 8.77. The van der Waals surface area contributed by atoms with E-state index in [1.807, 2.05) is 0 Å². The van der Waals surface area contributed by atoms with Crippen molar-refractivity contribution in [2.75, 3.05) is 32.7 Å². The van der Waals surface area contributed by atoms with Gasteiger partial charge in [0.25, 0.3) is 0 Å².